The van der Waals surface area contributed by atoms with Gasteiger partial charge in [-0.1, -0.05) is 0 Å². The van der Waals surface area contributed by atoms with Crippen molar-refractivity contribution in [1.29, 1.82) is 0 Å². The fourth-order valence-corrected chi connectivity index (χ4v) is 3.15. The number of rotatable bonds is 4. The minimum Gasteiger partial charge on any atom is -0.488 e. The number of piperidine rings is 1. The molecule has 1 aromatic carbocycles. The quantitative estimate of drug-likeness (QED) is 0.794. The summed E-state index contributed by atoms with van der Waals surface area (Å²) in [6.07, 6.45) is 3.56. The molecule has 0 spiro atoms. The Labute approximate surface area is 140 Å². The third-order valence-electron chi connectivity index (χ3n) is 4.64. The summed E-state index contributed by atoms with van der Waals surface area (Å²) in [5.74, 6) is -0.505. The Kier molecular flexibility index (Phi) is 4.73. The van der Waals surface area contributed by atoms with Crippen molar-refractivity contribution in [2.45, 2.75) is 44.6 Å². The lowest BCUT2D eigenvalue weighted by atomic mass is 10.0. The minimum absolute atomic E-state index is 0.0259. The summed E-state index contributed by atoms with van der Waals surface area (Å²) in [4.78, 5) is 25.0. The number of esters is 1. The molecule has 1 aromatic rings. The first-order valence-electron chi connectivity index (χ1n) is 8.33. The molecule has 24 heavy (non-hydrogen) atoms. The second kappa shape index (κ2) is 6.79. The highest BCUT2D eigenvalue weighted by Gasteiger charge is 2.31. The molecule has 0 unspecified atom stereocenters. The molecule has 1 heterocycles. The Hall–Kier alpha value is -2.11. The molecule has 5 nitrogen and oxygen atoms in total. The molecule has 1 aliphatic carbocycles. The summed E-state index contributed by atoms with van der Waals surface area (Å²) in [7, 11) is 1.24. The smallest absolute Gasteiger partial charge is 0.340 e. The molecule has 1 aliphatic heterocycles. The molecule has 1 atom stereocenters. The zero-order valence-electron chi connectivity index (χ0n) is 14.0. The maximum absolute atomic E-state index is 14.3. The second-order valence-corrected chi connectivity index (χ2v) is 6.48. The number of likely N-dealkylation sites (tertiary alicyclic amines) is 1. The van der Waals surface area contributed by atoms with E-state index in [2.05, 4.69) is 4.74 Å². The number of hydrogen-bond donors (Lipinski definition) is 0. The minimum atomic E-state index is -0.679. The fraction of sp³-hybridized carbons (Fsp3) is 0.556. The summed E-state index contributed by atoms with van der Waals surface area (Å²) in [6.45, 7) is 2.79. The zero-order valence-corrected chi connectivity index (χ0v) is 14.0. The van der Waals surface area contributed by atoms with Gasteiger partial charge in [-0.2, -0.15) is 0 Å². The molecule has 1 amide bonds. The molecule has 3 rings (SSSR count). The van der Waals surface area contributed by atoms with Gasteiger partial charge in [-0.3, -0.25) is 4.79 Å². The number of carbonyl (C=O) groups is 2. The molecule has 0 aromatic heterocycles. The molecule has 2 fully saturated rings. The first-order valence-corrected chi connectivity index (χ1v) is 8.33. The SMILES string of the molecule is COC(=O)c1cc(C2CC2)c(O[C@@H]2CCCN(C(C)=O)C2)cc1F. The molecule has 0 bridgehead atoms. The molecule has 2 aliphatic rings. The van der Waals surface area contributed by atoms with E-state index in [-0.39, 0.29) is 17.6 Å². The summed E-state index contributed by atoms with van der Waals surface area (Å²) in [5, 5.41) is 0. The van der Waals surface area contributed by atoms with Crippen LogP contribution in [0, 0.1) is 5.82 Å². The Morgan fingerprint density at radius 1 is 1.25 bits per heavy atom. The summed E-state index contributed by atoms with van der Waals surface area (Å²) in [6, 6.07) is 2.84. The van der Waals surface area contributed by atoms with Gasteiger partial charge in [-0.25, -0.2) is 9.18 Å². The van der Waals surface area contributed by atoms with E-state index >= 15 is 0 Å². The average Bonchev–Trinajstić information content (AvgIpc) is 3.39. The number of hydrogen-bond acceptors (Lipinski definition) is 4. The van der Waals surface area contributed by atoms with E-state index in [0.29, 0.717) is 18.2 Å². The lowest BCUT2D eigenvalue weighted by Gasteiger charge is -2.32. The van der Waals surface area contributed by atoms with Crippen molar-refractivity contribution in [3.8, 4) is 5.75 Å². The summed E-state index contributed by atoms with van der Waals surface area (Å²) in [5.41, 5.74) is 0.803. The number of nitrogens with zero attached hydrogens (tertiary/aromatic N) is 1. The maximum atomic E-state index is 14.3. The van der Waals surface area contributed by atoms with Gasteiger partial charge in [0.05, 0.1) is 19.2 Å². The van der Waals surface area contributed by atoms with Gasteiger partial charge in [0, 0.05) is 19.5 Å². The Morgan fingerprint density at radius 2 is 2.00 bits per heavy atom. The van der Waals surface area contributed by atoms with Gasteiger partial charge in [-0.05, 0) is 43.2 Å². The van der Waals surface area contributed by atoms with Crippen molar-refractivity contribution in [1.82, 2.24) is 4.90 Å². The lowest BCUT2D eigenvalue weighted by Crippen LogP contribution is -2.43. The number of ether oxygens (including phenoxy) is 2. The number of halogens is 1. The van der Waals surface area contributed by atoms with Crippen molar-refractivity contribution in [2.24, 2.45) is 0 Å². The standard InChI is InChI=1S/C18H22FNO4/c1-11(21)20-7-3-4-13(10-20)24-17-9-16(19)15(18(22)23-2)8-14(17)12-5-6-12/h8-9,12-13H,3-7,10H2,1-2H3/t13-/m1/s1. The number of methoxy groups -OCH3 is 1. The number of carbonyl (C=O) groups excluding carboxylic acids is 2. The van der Waals surface area contributed by atoms with Crippen molar-refractivity contribution >= 4 is 11.9 Å². The molecule has 1 saturated carbocycles. The van der Waals surface area contributed by atoms with Crippen LogP contribution in [-0.4, -0.2) is 43.1 Å². The van der Waals surface area contributed by atoms with Crippen LogP contribution in [-0.2, 0) is 9.53 Å². The van der Waals surface area contributed by atoms with Gasteiger partial charge in [-0.15, -0.1) is 0 Å². The lowest BCUT2D eigenvalue weighted by molar-refractivity contribution is -0.131. The van der Waals surface area contributed by atoms with Crippen LogP contribution in [0.5, 0.6) is 5.75 Å². The summed E-state index contributed by atoms with van der Waals surface area (Å²) < 4.78 is 24.9. The van der Waals surface area contributed by atoms with Gasteiger partial charge in [0.1, 0.15) is 17.7 Å². The van der Waals surface area contributed by atoms with Crippen molar-refractivity contribution in [3.63, 3.8) is 0 Å². The van der Waals surface area contributed by atoms with Crippen molar-refractivity contribution in [3.05, 3.63) is 29.1 Å². The topological polar surface area (TPSA) is 55.8 Å². The second-order valence-electron chi connectivity index (χ2n) is 6.48. The summed E-state index contributed by atoms with van der Waals surface area (Å²) >= 11 is 0. The van der Waals surface area contributed by atoms with Gasteiger partial charge in [0.2, 0.25) is 5.91 Å². The van der Waals surface area contributed by atoms with Crippen molar-refractivity contribution in [2.75, 3.05) is 20.2 Å². The van der Waals surface area contributed by atoms with E-state index in [4.69, 9.17) is 4.74 Å². The molecule has 130 valence electrons. The third-order valence-corrected chi connectivity index (χ3v) is 4.64. The van der Waals surface area contributed by atoms with Crippen molar-refractivity contribution < 1.29 is 23.5 Å². The first kappa shape index (κ1) is 16.7. The van der Waals surface area contributed by atoms with Crippen LogP contribution >= 0.6 is 0 Å². The van der Waals surface area contributed by atoms with Gasteiger partial charge in [0.15, 0.2) is 0 Å². The average molecular weight is 335 g/mol. The zero-order chi connectivity index (χ0) is 17.3. The van der Waals surface area contributed by atoms with Gasteiger partial charge >= 0.3 is 5.97 Å². The predicted octanol–water partition coefficient (Wildman–Crippen LogP) is 2.88. The first-order chi connectivity index (χ1) is 11.5. The van der Waals surface area contributed by atoms with E-state index in [1.807, 2.05) is 0 Å². The van der Waals surface area contributed by atoms with E-state index in [1.54, 1.807) is 17.9 Å². The van der Waals surface area contributed by atoms with Crippen LogP contribution in [0.4, 0.5) is 4.39 Å². The van der Waals surface area contributed by atoms with E-state index in [1.165, 1.54) is 13.2 Å². The molecule has 6 heteroatoms. The molecular weight excluding hydrogens is 313 g/mol. The highest BCUT2D eigenvalue weighted by atomic mass is 19.1. The normalized spacial score (nSPS) is 20.6. The van der Waals surface area contributed by atoms with Crippen LogP contribution in [0.3, 0.4) is 0 Å². The molecular formula is C18H22FNO4. The molecule has 0 N–H and O–H groups in total. The van der Waals surface area contributed by atoms with Crippen LogP contribution in [0.1, 0.15) is 54.4 Å². The van der Waals surface area contributed by atoms with Crippen LogP contribution < -0.4 is 4.74 Å². The Balaban J connectivity index is 1.83. The third kappa shape index (κ3) is 3.52. The molecule has 1 saturated heterocycles. The van der Waals surface area contributed by atoms with E-state index in [9.17, 15) is 14.0 Å². The largest absolute Gasteiger partial charge is 0.488 e. The molecule has 0 radical (unpaired) electrons. The maximum Gasteiger partial charge on any atom is 0.340 e. The van der Waals surface area contributed by atoms with Crippen LogP contribution in [0.15, 0.2) is 12.1 Å². The fourth-order valence-electron chi connectivity index (χ4n) is 3.15. The van der Waals surface area contributed by atoms with E-state index in [0.717, 1.165) is 37.8 Å². The van der Waals surface area contributed by atoms with E-state index < -0.39 is 11.8 Å². The van der Waals surface area contributed by atoms with Crippen LogP contribution in [0.2, 0.25) is 0 Å². The Morgan fingerprint density at radius 3 is 2.62 bits per heavy atom. The highest BCUT2D eigenvalue weighted by molar-refractivity contribution is 5.90. The van der Waals surface area contributed by atoms with Crippen LogP contribution in [0.25, 0.3) is 0 Å². The monoisotopic (exact) mass is 335 g/mol. The highest BCUT2D eigenvalue weighted by Crippen LogP contribution is 2.45. The number of benzene rings is 1. The van der Waals surface area contributed by atoms with Gasteiger partial charge in [0.25, 0.3) is 0 Å². The Bertz CT molecular complexity index is 657. The predicted molar refractivity (Wildman–Crippen MR) is 85.6 cm³/mol. The number of amides is 1. The van der Waals surface area contributed by atoms with Gasteiger partial charge < -0.3 is 14.4 Å².